The highest BCUT2D eigenvalue weighted by Crippen LogP contribution is 2.32. The first-order valence-electron chi connectivity index (χ1n) is 5.46. The van der Waals surface area contributed by atoms with Crippen LogP contribution in [0.25, 0.3) is 22.6 Å². The molecule has 0 fully saturated rings. The van der Waals surface area contributed by atoms with Gasteiger partial charge in [-0.1, -0.05) is 11.2 Å². The number of nitrogens with zero attached hydrogens (tertiary/aromatic N) is 2. The van der Waals surface area contributed by atoms with Crippen molar-refractivity contribution in [2.45, 2.75) is 6.92 Å². The predicted octanol–water partition coefficient (Wildman–Crippen LogP) is 2.59. The Labute approximate surface area is 102 Å². The molecular formula is C12H10N2O4. The molecule has 0 unspecified atom stereocenters. The molecule has 0 amide bonds. The fraction of sp³-hybridized carbons (Fsp3) is 0.167. The topological polar surface area (TPSA) is 81.5 Å². The highest BCUT2D eigenvalue weighted by atomic mass is 16.6. The standard InChI is InChI=1S/C12H10N2O4/c1-2-16-12-14-13-11(18-12)10-6-7-8(15)4-3-5-9(7)17-10/h3-6,15H,2H2,1H3. The van der Waals surface area contributed by atoms with Gasteiger partial charge in [0.25, 0.3) is 5.89 Å². The monoisotopic (exact) mass is 246 g/mol. The fourth-order valence-electron chi connectivity index (χ4n) is 1.64. The molecular weight excluding hydrogens is 236 g/mol. The van der Waals surface area contributed by atoms with Crippen LogP contribution in [-0.2, 0) is 0 Å². The second-order valence-corrected chi connectivity index (χ2v) is 3.61. The number of rotatable bonds is 3. The Hall–Kier alpha value is -2.50. The van der Waals surface area contributed by atoms with Crippen molar-refractivity contribution in [3.05, 3.63) is 24.3 Å². The number of aromatic hydroxyl groups is 1. The normalized spacial score (nSPS) is 10.9. The van der Waals surface area contributed by atoms with E-state index in [4.69, 9.17) is 13.6 Å². The van der Waals surface area contributed by atoms with Gasteiger partial charge in [0.2, 0.25) is 0 Å². The number of benzene rings is 1. The van der Waals surface area contributed by atoms with Crippen LogP contribution >= 0.6 is 0 Å². The molecule has 0 aliphatic carbocycles. The summed E-state index contributed by atoms with van der Waals surface area (Å²) in [5, 5.41) is 17.8. The first kappa shape index (κ1) is 10.6. The van der Waals surface area contributed by atoms with Crippen LogP contribution in [0.15, 0.2) is 33.1 Å². The Bertz CT molecular complexity index is 686. The van der Waals surface area contributed by atoms with E-state index in [0.29, 0.717) is 23.3 Å². The van der Waals surface area contributed by atoms with Crippen LogP contribution in [0, 0.1) is 0 Å². The summed E-state index contributed by atoms with van der Waals surface area (Å²) in [5.41, 5.74) is 0.557. The second kappa shape index (κ2) is 4.06. The summed E-state index contributed by atoms with van der Waals surface area (Å²) in [5.74, 6) is 0.756. The summed E-state index contributed by atoms with van der Waals surface area (Å²) >= 11 is 0. The fourth-order valence-corrected chi connectivity index (χ4v) is 1.64. The summed E-state index contributed by atoms with van der Waals surface area (Å²) in [7, 11) is 0. The average Bonchev–Trinajstić information content (AvgIpc) is 2.96. The van der Waals surface area contributed by atoms with E-state index in [1.54, 1.807) is 24.3 Å². The summed E-state index contributed by atoms with van der Waals surface area (Å²) in [6.45, 7) is 2.27. The Morgan fingerprint density at radius 1 is 1.28 bits per heavy atom. The minimum atomic E-state index is 0.0946. The van der Waals surface area contributed by atoms with Crippen molar-refractivity contribution < 1.29 is 18.7 Å². The van der Waals surface area contributed by atoms with E-state index in [1.165, 1.54) is 0 Å². The van der Waals surface area contributed by atoms with E-state index >= 15 is 0 Å². The largest absolute Gasteiger partial charge is 0.507 e. The van der Waals surface area contributed by atoms with Crippen molar-refractivity contribution in [3.8, 4) is 23.5 Å². The van der Waals surface area contributed by atoms with Gasteiger partial charge in [-0.2, -0.15) is 0 Å². The molecule has 0 aliphatic rings. The summed E-state index contributed by atoms with van der Waals surface area (Å²) < 4.78 is 15.8. The smallest absolute Gasteiger partial charge is 0.415 e. The molecule has 6 heteroatoms. The SMILES string of the molecule is CCOc1nnc(-c2cc3c(O)cccc3o2)o1. The molecule has 0 saturated heterocycles. The molecule has 0 saturated carbocycles. The van der Waals surface area contributed by atoms with Crippen LogP contribution in [0.2, 0.25) is 0 Å². The molecule has 2 aromatic heterocycles. The number of furan rings is 1. The lowest BCUT2D eigenvalue weighted by Crippen LogP contribution is -1.90. The third-order valence-corrected chi connectivity index (χ3v) is 2.42. The molecule has 92 valence electrons. The summed E-state index contributed by atoms with van der Waals surface area (Å²) in [4.78, 5) is 0. The van der Waals surface area contributed by atoms with Gasteiger partial charge in [-0.25, -0.2) is 0 Å². The maximum Gasteiger partial charge on any atom is 0.415 e. The maximum absolute atomic E-state index is 9.67. The van der Waals surface area contributed by atoms with Crippen LogP contribution in [-0.4, -0.2) is 21.9 Å². The Morgan fingerprint density at radius 2 is 2.17 bits per heavy atom. The Balaban J connectivity index is 2.05. The number of aromatic nitrogens is 2. The molecule has 0 radical (unpaired) electrons. The molecule has 18 heavy (non-hydrogen) atoms. The van der Waals surface area contributed by atoms with Crippen LogP contribution < -0.4 is 4.74 Å². The number of phenols is 1. The van der Waals surface area contributed by atoms with Crippen molar-refractivity contribution in [3.63, 3.8) is 0 Å². The molecule has 0 spiro atoms. The first-order valence-corrected chi connectivity index (χ1v) is 5.46. The quantitative estimate of drug-likeness (QED) is 0.764. The van der Waals surface area contributed by atoms with Crippen LogP contribution in [0.5, 0.6) is 11.8 Å². The first-order chi connectivity index (χ1) is 8.78. The number of hydrogen-bond donors (Lipinski definition) is 1. The lowest BCUT2D eigenvalue weighted by atomic mass is 10.2. The van der Waals surface area contributed by atoms with Crippen LogP contribution in [0.1, 0.15) is 6.92 Å². The van der Waals surface area contributed by atoms with E-state index in [1.807, 2.05) is 6.92 Å². The molecule has 0 bridgehead atoms. The minimum absolute atomic E-state index is 0.0946. The summed E-state index contributed by atoms with van der Waals surface area (Å²) in [6, 6.07) is 6.68. The van der Waals surface area contributed by atoms with E-state index < -0.39 is 0 Å². The molecule has 1 N–H and O–H groups in total. The lowest BCUT2D eigenvalue weighted by Gasteiger charge is -1.91. The van der Waals surface area contributed by atoms with Gasteiger partial charge in [0.05, 0.1) is 12.0 Å². The maximum atomic E-state index is 9.67. The zero-order valence-corrected chi connectivity index (χ0v) is 9.58. The van der Waals surface area contributed by atoms with Gasteiger partial charge in [0, 0.05) is 6.07 Å². The third-order valence-electron chi connectivity index (χ3n) is 2.42. The van der Waals surface area contributed by atoms with Gasteiger partial charge in [-0.15, -0.1) is 5.10 Å². The molecule has 0 atom stereocenters. The molecule has 3 aromatic rings. The van der Waals surface area contributed by atoms with Crippen molar-refractivity contribution in [2.24, 2.45) is 0 Å². The molecule has 3 rings (SSSR count). The van der Waals surface area contributed by atoms with Gasteiger partial charge in [-0.05, 0) is 19.1 Å². The minimum Gasteiger partial charge on any atom is -0.507 e. The van der Waals surface area contributed by atoms with E-state index in [2.05, 4.69) is 10.2 Å². The van der Waals surface area contributed by atoms with Crippen LogP contribution in [0.4, 0.5) is 0 Å². The Kier molecular flexibility index (Phi) is 2.40. The van der Waals surface area contributed by atoms with Gasteiger partial charge in [0.1, 0.15) is 11.3 Å². The van der Waals surface area contributed by atoms with Gasteiger partial charge < -0.3 is 18.7 Å². The Morgan fingerprint density at radius 3 is 2.94 bits per heavy atom. The van der Waals surface area contributed by atoms with E-state index in [-0.39, 0.29) is 17.7 Å². The molecule has 1 aromatic carbocycles. The van der Waals surface area contributed by atoms with Gasteiger partial charge >= 0.3 is 6.08 Å². The van der Waals surface area contributed by atoms with Gasteiger partial charge in [0.15, 0.2) is 5.76 Å². The van der Waals surface area contributed by atoms with Gasteiger partial charge in [-0.3, -0.25) is 0 Å². The van der Waals surface area contributed by atoms with E-state index in [0.717, 1.165) is 0 Å². The van der Waals surface area contributed by atoms with Crippen molar-refractivity contribution >= 4 is 11.0 Å². The van der Waals surface area contributed by atoms with Crippen molar-refractivity contribution in [1.29, 1.82) is 0 Å². The highest BCUT2D eigenvalue weighted by Gasteiger charge is 2.15. The highest BCUT2D eigenvalue weighted by molar-refractivity contribution is 5.87. The summed E-state index contributed by atoms with van der Waals surface area (Å²) in [6.07, 6.45) is 0.0946. The van der Waals surface area contributed by atoms with E-state index in [9.17, 15) is 5.11 Å². The third kappa shape index (κ3) is 1.67. The lowest BCUT2D eigenvalue weighted by molar-refractivity contribution is 0.246. The molecule has 0 aliphatic heterocycles. The molecule has 6 nitrogen and oxygen atoms in total. The number of ether oxygens (including phenoxy) is 1. The predicted molar refractivity (Wildman–Crippen MR) is 62.3 cm³/mol. The van der Waals surface area contributed by atoms with Crippen molar-refractivity contribution in [1.82, 2.24) is 10.2 Å². The average molecular weight is 246 g/mol. The van der Waals surface area contributed by atoms with Crippen molar-refractivity contribution in [2.75, 3.05) is 6.61 Å². The second-order valence-electron chi connectivity index (χ2n) is 3.61. The molecule has 2 heterocycles. The number of fused-ring (bicyclic) bond motifs is 1. The number of hydrogen-bond acceptors (Lipinski definition) is 6. The van der Waals surface area contributed by atoms with Crippen LogP contribution in [0.3, 0.4) is 0 Å². The zero-order chi connectivity index (χ0) is 12.5. The zero-order valence-electron chi connectivity index (χ0n) is 9.58. The number of phenolic OH excluding ortho intramolecular Hbond substituents is 1.